The molecular weight excluding hydrogens is 1720 g/mol. The first-order valence-corrected chi connectivity index (χ1v) is 54.4. The second-order valence-electron chi connectivity index (χ2n) is 39.4. The van der Waals surface area contributed by atoms with Crippen molar-refractivity contribution >= 4 is 224 Å². The van der Waals surface area contributed by atoms with Gasteiger partial charge in [-0.3, -0.25) is 0 Å². The summed E-state index contributed by atoms with van der Waals surface area (Å²) in [6.45, 7) is 15.0. The lowest BCUT2D eigenvalue weighted by Crippen LogP contribution is -2.56. The van der Waals surface area contributed by atoms with Crippen molar-refractivity contribution in [3.63, 3.8) is 0 Å². The molecule has 3 aliphatic rings. The summed E-state index contributed by atoms with van der Waals surface area (Å²) in [5.74, 6) is 0. The van der Waals surface area contributed by atoms with E-state index < -0.39 is 16.1 Å². The van der Waals surface area contributed by atoms with Crippen LogP contribution in [0.4, 0.5) is 68.2 Å². The van der Waals surface area contributed by atoms with Gasteiger partial charge in [-0.15, -0.1) is 0 Å². The monoisotopic (exact) mass is 1810 g/mol. The molecule has 2 aliphatic heterocycles. The second-order valence-corrected chi connectivity index (χ2v) is 48.0. The molecule has 0 N–H and O–H groups in total. The van der Waals surface area contributed by atoms with Gasteiger partial charge in [0.1, 0.15) is 27.3 Å². The lowest BCUT2D eigenvalue weighted by Gasteiger charge is -2.35. The summed E-state index contributed by atoms with van der Waals surface area (Å²) < 4.78 is 13.5. The second kappa shape index (κ2) is 31.6. The van der Waals surface area contributed by atoms with E-state index in [9.17, 15) is 0 Å². The average molecular weight is 1810 g/mol. The van der Waals surface area contributed by atoms with E-state index in [0.717, 1.165) is 106 Å². The quantitative estimate of drug-likeness (QED) is 0.0846. The fourth-order valence-corrected chi connectivity index (χ4v) is 30.0. The Morgan fingerprint density at radius 2 is 0.547 bits per heavy atom. The number of hydrogen-bond acceptors (Lipinski definition) is 6. The zero-order valence-electron chi connectivity index (χ0n) is 78.0. The molecule has 0 bridgehead atoms. The van der Waals surface area contributed by atoms with Crippen LogP contribution in [0.2, 0.25) is 26.2 Å². The highest BCUT2D eigenvalue weighted by Crippen LogP contribution is 2.55. The Balaban J connectivity index is 0.000000140. The van der Waals surface area contributed by atoms with Crippen molar-refractivity contribution in [3.05, 3.63) is 472 Å². The fraction of sp³-hybridized carbons (Fsp3) is 0.0534. The van der Waals surface area contributed by atoms with Gasteiger partial charge >= 0.3 is 0 Å². The summed E-state index contributed by atoms with van der Waals surface area (Å²) in [4.78, 5) is 9.57. The lowest BCUT2D eigenvalue weighted by atomic mass is 9.81. The molecule has 23 aromatic carbocycles. The van der Waals surface area contributed by atoms with Crippen molar-refractivity contribution in [2.45, 2.75) is 45.5 Å². The van der Waals surface area contributed by atoms with E-state index in [0.29, 0.717) is 0 Å². The smallest absolute Gasteiger partial charge is 0.159 e. The molecule has 25 aromatic rings. The lowest BCUT2D eigenvalue weighted by molar-refractivity contribution is 0.660. The Hall–Kier alpha value is -16.9. The Bertz CT molecular complexity index is 9330. The van der Waals surface area contributed by atoms with Crippen molar-refractivity contribution in [1.82, 2.24) is 0 Å². The molecule has 0 saturated carbocycles. The third-order valence-electron chi connectivity index (χ3n) is 30.5. The molecule has 658 valence electrons. The molecule has 28 rings (SSSR count). The molecule has 1 aliphatic carbocycles. The predicted molar refractivity (Wildman–Crippen MR) is 596 cm³/mol. The molecule has 4 heterocycles. The van der Waals surface area contributed by atoms with Gasteiger partial charge in [0.05, 0.1) is 11.4 Å². The summed E-state index contributed by atoms with van der Waals surface area (Å²) in [7, 11) is -4.54. The third kappa shape index (κ3) is 12.9. The van der Waals surface area contributed by atoms with Gasteiger partial charge in [0.25, 0.3) is 0 Å². The highest BCUT2D eigenvalue weighted by molar-refractivity contribution is 7.04. The van der Waals surface area contributed by atoms with E-state index in [2.05, 4.69) is 509 Å². The fourth-order valence-electron chi connectivity index (χ4n) is 23.8. The van der Waals surface area contributed by atoms with Gasteiger partial charge in [0.15, 0.2) is 11.2 Å². The summed E-state index contributed by atoms with van der Waals surface area (Å²) in [5, 5.41) is 28.2. The first-order valence-electron chi connectivity index (χ1n) is 48.4. The number of nitrogens with zero attached hydrogens (tertiary/aromatic N) is 4. The largest absolute Gasteiger partial charge is 0.454 e. The van der Waals surface area contributed by atoms with Gasteiger partial charge in [0.2, 0.25) is 0 Å². The van der Waals surface area contributed by atoms with E-state index in [1.54, 1.807) is 0 Å². The van der Waals surface area contributed by atoms with Crippen LogP contribution in [0.15, 0.2) is 470 Å². The first-order chi connectivity index (χ1) is 68.2. The maximum atomic E-state index is 6.76. The summed E-state index contributed by atoms with van der Waals surface area (Å²) in [6.07, 6.45) is 0. The van der Waals surface area contributed by atoms with Crippen LogP contribution in [0.1, 0.15) is 25.0 Å². The highest BCUT2D eigenvalue weighted by atomic mass is 28.3. The van der Waals surface area contributed by atoms with Gasteiger partial charge in [0, 0.05) is 83.8 Å². The molecule has 0 atom stereocenters. The number of benzene rings is 23. The van der Waals surface area contributed by atoms with Crippen molar-refractivity contribution < 1.29 is 8.83 Å². The van der Waals surface area contributed by atoms with Crippen LogP contribution in [0.25, 0.3) is 164 Å². The minimum absolute atomic E-state index is 0.210. The van der Waals surface area contributed by atoms with E-state index in [-0.39, 0.29) is 5.41 Å². The Morgan fingerprint density at radius 1 is 0.194 bits per heavy atom. The van der Waals surface area contributed by atoms with Crippen LogP contribution in [0, 0.1) is 0 Å². The van der Waals surface area contributed by atoms with Gasteiger partial charge in [-0.25, -0.2) is 0 Å². The first kappa shape index (κ1) is 81.7. The number of para-hydroxylation sites is 8. The van der Waals surface area contributed by atoms with Crippen molar-refractivity contribution in [2.75, 3.05) is 19.6 Å². The van der Waals surface area contributed by atoms with E-state index in [1.807, 2.05) is 12.1 Å². The van der Waals surface area contributed by atoms with Crippen molar-refractivity contribution in [3.8, 4) is 44.5 Å². The average Bonchev–Trinajstić information content (AvgIpc) is 1.27. The SMILES string of the molecule is CC1(C)c2cc(-c3cc4c5cccc6c5c(cc4c4ccccc34)-c3ccc(N(c4ccccc4)c4ccccc4)cc3[Si]6(C)C)ccc2-c2ccc(N(c3ccccc3)c3ccccc3)cc21.C[Si]1(C)c2cc(N(c3ccc4ccccc4c3)c3cccc4c3oc3ccccc34)ccc2-c2cc3ccc(N(c4ccc5ccccc5c4)c4cccc5c4oc4ccccc45)cc3c3cccc1c23. The van der Waals surface area contributed by atoms with Crippen molar-refractivity contribution in [1.29, 1.82) is 0 Å². The van der Waals surface area contributed by atoms with Gasteiger partial charge in [-0.2, -0.15) is 0 Å². The van der Waals surface area contributed by atoms with E-state index in [4.69, 9.17) is 8.83 Å². The van der Waals surface area contributed by atoms with Gasteiger partial charge in [-0.1, -0.05) is 331 Å². The number of hydrogen-bond donors (Lipinski definition) is 0. The molecule has 8 heteroatoms. The molecule has 0 spiro atoms. The zero-order chi connectivity index (χ0) is 92.7. The van der Waals surface area contributed by atoms with E-state index >= 15 is 0 Å². The highest BCUT2D eigenvalue weighted by Gasteiger charge is 2.41. The number of anilines is 12. The molecule has 0 unspecified atom stereocenters. The number of fused-ring (bicyclic) bond motifs is 21. The molecule has 2 aromatic heterocycles. The normalized spacial score (nSPS) is 13.4. The van der Waals surface area contributed by atoms with Gasteiger partial charge < -0.3 is 28.4 Å². The molecular formula is C131H94N4O2Si2. The van der Waals surface area contributed by atoms with Crippen LogP contribution in [0.3, 0.4) is 0 Å². The summed E-state index contributed by atoms with van der Waals surface area (Å²) in [6, 6.07) is 170. The summed E-state index contributed by atoms with van der Waals surface area (Å²) >= 11 is 0. The number of rotatable bonds is 13. The zero-order valence-corrected chi connectivity index (χ0v) is 80.0. The molecule has 139 heavy (non-hydrogen) atoms. The number of furan rings is 2. The molecule has 0 fully saturated rings. The van der Waals surface area contributed by atoms with Crippen LogP contribution < -0.4 is 40.3 Å². The van der Waals surface area contributed by atoms with Crippen LogP contribution in [0.5, 0.6) is 0 Å². The Morgan fingerprint density at radius 3 is 1.06 bits per heavy atom. The Kier molecular flexibility index (Phi) is 18.6. The molecule has 0 amide bonds. The van der Waals surface area contributed by atoms with Crippen molar-refractivity contribution in [2.24, 2.45) is 0 Å². The molecule has 6 nitrogen and oxygen atoms in total. The van der Waals surface area contributed by atoms with Crippen LogP contribution in [-0.2, 0) is 5.41 Å². The summed E-state index contributed by atoms with van der Waals surface area (Å²) in [5.41, 5.74) is 29.9. The van der Waals surface area contributed by atoms with Gasteiger partial charge in [-0.05, 0) is 322 Å². The molecule has 0 saturated heterocycles. The predicted octanol–water partition coefficient (Wildman–Crippen LogP) is 34.7. The topological polar surface area (TPSA) is 39.2 Å². The Labute approximate surface area is 809 Å². The maximum absolute atomic E-state index is 6.76. The maximum Gasteiger partial charge on any atom is 0.159 e. The minimum atomic E-state index is -2.34. The standard InChI is InChI=1S/C66H44N2O2Si.C65H50N2Si/c1-71(2)62-27-13-20-53-56-39-48(67(46-31-28-41-14-3-5-16-43(41)36-46)58-23-11-21-54-50-18-7-9-25-60(50)69-65(54)58)33-30-45(56)38-57(64(53)62)52-35-34-49(40-63(52)71)68(47-32-29-42-15-4-6-17-44(42)37-47)59-24-12-22-55-51-19-8-10-26-61(51)70-66(55)59;1-65(2)60-38-43(32-35-52(60)53-36-33-48(39-61(53)65)66(44-20-9-5-10-21-44)45-22-11-6-12-23-45)56-41-58-55-30-19-31-62-64(55)59(42-57(58)51-29-18-17-28-50(51)56)54-37-34-49(40-63(54)68(62,3)4)67(46-24-13-7-14-25-46)47-26-15-8-16-27-47/h3-40H,1-2H3;5-42H,1-4H3. The van der Waals surface area contributed by atoms with E-state index in [1.165, 1.54) is 157 Å². The van der Waals surface area contributed by atoms with Crippen LogP contribution in [-0.4, -0.2) is 16.1 Å². The molecule has 0 radical (unpaired) electrons. The minimum Gasteiger partial charge on any atom is -0.454 e. The third-order valence-corrected chi connectivity index (χ3v) is 37.6. The van der Waals surface area contributed by atoms with Crippen LogP contribution >= 0.6 is 0 Å².